The Morgan fingerprint density at radius 3 is 2.50 bits per heavy atom. The van der Waals surface area contributed by atoms with Gasteiger partial charge < -0.3 is 14.8 Å². The zero-order valence-electron chi connectivity index (χ0n) is 19.1. The molecule has 0 radical (unpaired) electrons. The van der Waals surface area contributed by atoms with E-state index in [-0.39, 0.29) is 12.5 Å². The average Bonchev–Trinajstić information content (AvgIpc) is 2.80. The number of hydrogen-bond donors (Lipinski definition) is 1. The Bertz CT molecular complexity index is 1260. The third kappa shape index (κ3) is 6.75. The van der Waals surface area contributed by atoms with Crippen molar-refractivity contribution in [2.24, 2.45) is 0 Å². The summed E-state index contributed by atoms with van der Waals surface area (Å²) in [7, 11) is 0. The number of aryl methyl sites for hydroxylation is 2. The minimum Gasteiger partial charge on any atom is -0.490 e. The van der Waals surface area contributed by atoms with Gasteiger partial charge in [0.1, 0.15) is 0 Å². The highest BCUT2D eigenvalue weighted by molar-refractivity contribution is 14.1. The predicted octanol–water partition coefficient (Wildman–Crippen LogP) is 7.04. The van der Waals surface area contributed by atoms with E-state index >= 15 is 0 Å². The highest BCUT2D eigenvalue weighted by atomic mass is 127. The first-order valence-corrected chi connectivity index (χ1v) is 12.1. The Hall–Kier alpha value is -3.02. The molecular formula is C27H24ClIN2O3. The molecule has 3 aromatic rings. The maximum atomic E-state index is 12.4. The average molecular weight is 587 g/mol. The van der Waals surface area contributed by atoms with Gasteiger partial charge in [-0.3, -0.25) is 4.79 Å². The summed E-state index contributed by atoms with van der Waals surface area (Å²) in [5.41, 5.74) is 4.85. The Balaban J connectivity index is 1.80. The number of rotatable bonds is 8. The Kier molecular flexibility index (Phi) is 8.97. The van der Waals surface area contributed by atoms with Crippen LogP contribution in [0.1, 0.15) is 29.2 Å². The predicted molar refractivity (Wildman–Crippen MR) is 145 cm³/mol. The van der Waals surface area contributed by atoms with Gasteiger partial charge in [0.15, 0.2) is 18.1 Å². The summed E-state index contributed by atoms with van der Waals surface area (Å²) >= 11 is 8.27. The molecule has 34 heavy (non-hydrogen) atoms. The molecule has 1 amide bonds. The number of ether oxygens (including phenoxy) is 2. The Labute approximate surface area is 218 Å². The van der Waals surface area contributed by atoms with Gasteiger partial charge in [0.05, 0.1) is 21.8 Å². The van der Waals surface area contributed by atoms with E-state index in [4.69, 9.17) is 21.1 Å². The molecule has 0 bridgehead atoms. The molecule has 0 saturated carbocycles. The van der Waals surface area contributed by atoms with E-state index in [9.17, 15) is 10.1 Å². The second-order valence-electron chi connectivity index (χ2n) is 7.60. The summed E-state index contributed by atoms with van der Waals surface area (Å²) in [4.78, 5) is 12.4. The summed E-state index contributed by atoms with van der Waals surface area (Å²) in [6.45, 7) is 6.01. The van der Waals surface area contributed by atoms with Crippen molar-refractivity contribution in [3.63, 3.8) is 0 Å². The number of halogens is 2. The summed E-state index contributed by atoms with van der Waals surface area (Å²) in [6, 6.07) is 19.1. The van der Waals surface area contributed by atoms with Crippen LogP contribution >= 0.6 is 34.2 Å². The molecule has 0 unspecified atom stereocenters. The third-order valence-electron chi connectivity index (χ3n) is 4.93. The normalized spacial score (nSPS) is 11.0. The van der Waals surface area contributed by atoms with E-state index in [2.05, 4.69) is 34.0 Å². The van der Waals surface area contributed by atoms with E-state index in [0.717, 1.165) is 25.8 Å². The van der Waals surface area contributed by atoms with E-state index in [1.54, 1.807) is 12.1 Å². The fourth-order valence-corrected chi connectivity index (χ4v) is 4.12. The first-order valence-electron chi connectivity index (χ1n) is 10.6. The molecule has 0 aliphatic carbocycles. The topological polar surface area (TPSA) is 71.3 Å². The zero-order valence-corrected chi connectivity index (χ0v) is 22.0. The van der Waals surface area contributed by atoms with Gasteiger partial charge in [0.2, 0.25) is 0 Å². The van der Waals surface area contributed by atoms with E-state index in [1.165, 1.54) is 0 Å². The fraction of sp³-hybridized carbons (Fsp3) is 0.185. The van der Waals surface area contributed by atoms with Crippen LogP contribution in [-0.4, -0.2) is 19.1 Å². The Morgan fingerprint density at radius 2 is 1.85 bits per heavy atom. The summed E-state index contributed by atoms with van der Waals surface area (Å²) in [6.07, 6.45) is 1.81. The van der Waals surface area contributed by atoms with Gasteiger partial charge in [-0.25, -0.2) is 0 Å². The molecule has 3 rings (SSSR count). The van der Waals surface area contributed by atoms with Crippen molar-refractivity contribution in [3.05, 3.63) is 85.4 Å². The molecule has 0 fully saturated rings. The molecule has 1 N–H and O–H groups in total. The molecule has 7 heteroatoms. The largest absolute Gasteiger partial charge is 0.490 e. The van der Waals surface area contributed by atoms with E-state index < -0.39 is 0 Å². The number of nitriles is 1. The van der Waals surface area contributed by atoms with Gasteiger partial charge in [-0.05, 0) is 90.4 Å². The molecule has 0 aliphatic rings. The number of allylic oxidation sites excluding steroid dienone is 1. The monoisotopic (exact) mass is 586 g/mol. The second-order valence-corrected chi connectivity index (χ2v) is 9.17. The van der Waals surface area contributed by atoms with Gasteiger partial charge >= 0.3 is 0 Å². The molecule has 0 heterocycles. The summed E-state index contributed by atoms with van der Waals surface area (Å²) in [5, 5.41) is 13.0. The number of benzene rings is 3. The number of carbonyl (C=O) groups is 1. The Morgan fingerprint density at radius 1 is 1.12 bits per heavy atom. The van der Waals surface area contributed by atoms with Crippen LogP contribution in [0.15, 0.2) is 54.6 Å². The third-order valence-corrected chi connectivity index (χ3v) is 6.14. The summed E-state index contributed by atoms with van der Waals surface area (Å²) in [5.74, 6) is 0.673. The van der Waals surface area contributed by atoms with Crippen molar-refractivity contribution in [2.45, 2.75) is 20.8 Å². The van der Waals surface area contributed by atoms with Crippen molar-refractivity contribution >= 4 is 57.4 Å². The molecule has 0 aromatic heterocycles. The minimum absolute atomic E-state index is 0.191. The highest BCUT2D eigenvalue weighted by Crippen LogP contribution is 2.35. The van der Waals surface area contributed by atoms with Gasteiger partial charge in [0.25, 0.3) is 5.91 Å². The number of nitrogens with zero attached hydrogens (tertiary/aromatic N) is 1. The molecule has 0 atom stereocenters. The van der Waals surface area contributed by atoms with Crippen molar-refractivity contribution in [1.29, 1.82) is 5.26 Å². The lowest BCUT2D eigenvalue weighted by Crippen LogP contribution is -2.20. The van der Waals surface area contributed by atoms with Crippen LogP contribution in [0.5, 0.6) is 11.5 Å². The van der Waals surface area contributed by atoms with Crippen molar-refractivity contribution in [1.82, 2.24) is 0 Å². The molecular weight excluding hydrogens is 563 g/mol. The summed E-state index contributed by atoms with van der Waals surface area (Å²) < 4.78 is 12.4. The van der Waals surface area contributed by atoms with Crippen molar-refractivity contribution in [2.75, 3.05) is 18.5 Å². The number of amides is 1. The van der Waals surface area contributed by atoms with Crippen LogP contribution in [0.25, 0.3) is 11.6 Å². The molecule has 3 aromatic carbocycles. The maximum Gasteiger partial charge on any atom is 0.262 e. The van der Waals surface area contributed by atoms with Crippen LogP contribution in [0.3, 0.4) is 0 Å². The maximum absolute atomic E-state index is 12.4. The van der Waals surface area contributed by atoms with Crippen molar-refractivity contribution in [3.8, 4) is 17.6 Å². The van der Waals surface area contributed by atoms with Gasteiger partial charge in [0, 0.05) is 10.7 Å². The van der Waals surface area contributed by atoms with Crippen LogP contribution < -0.4 is 14.8 Å². The fourth-order valence-electron chi connectivity index (χ4n) is 3.16. The van der Waals surface area contributed by atoms with Crippen LogP contribution in [0.4, 0.5) is 5.69 Å². The van der Waals surface area contributed by atoms with E-state index in [1.807, 2.05) is 69.3 Å². The van der Waals surface area contributed by atoms with Crippen LogP contribution in [-0.2, 0) is 4.79 Å². The first kappa shape index (κ1) is 25.6. The van der Waals surface area contributed by atoms with Crippen molar-refractivity contribution < 1.29 is 14.3 Å². The molecule has 0 saturated heterocycles. The van der Waals surface area contributed by atoms with E-state index in [0.29, 0.717) is 34.4 Å². The quantitative estimate of drug-likeness (QED) is 0.175. The van der Waals surface area contributed by atoms with Gasteiger partial charge in [-0.15, -0.1) is 0 Å². The molecule has 5 nitrogen and oxygen atoms in total. The number of carbonyl (C=O) groups excluding carboxylic acids is 1. The standard InChI is InChI=1S/C27H24ClIN2O3/c1-4-33-25-13-19(11-21(15-30)20-8-5-17(2)6-9-20)12-24(29)27(25)34-16-26(32)31-22-10-7-18(3)23(28)14-22/h5-14H,4,16H2,1-3H3,(H,31,32)/b21-11+. The highest BCUT2D eigenvalue weighted by Gasteiger charge is 2.15. The van der Waals surface area contributed by atoms with Gasteiger partial charge in [-0.1, -0.05) is 47.5 Å². The number of hydrogen-bond acceptors (Lipinski definition) is 4. The molecule has 0 aliphatic heterocycles. The SMILES string of the molecule is CCOc1cc(/C=C(\C#N)c2ccc(C)cc2)cc(I)c1OCC(=O)Nc1ccc(C)c(Cl)c1. The van der Waals surface area contributed by atoms with Gasteiger partial charge in [-0.2, -0.15) is 5.26 Å². The van der Waals surface area contributed by atoms with Crippen LogP contribution in [0.2, 0.25) is 5.02 Å². The first-order chi connectivity index (χ1) is 16.3. The zero-order chi connectivity index (χ0) is 24.7. The lowest BCUT2D eigenvalue weighted by molar-refractivity contribution is -0.118. The smallest absolute Gasteiger partial charge is 0.262 e. The number of anilines is 1. The molecule has 174 valence electrons. The minimum atomic E-state index is -0.312. The lowest BCUT2D eigenvalue weighted by Gasteiger charge is -2.15. The number of nitrogens with one attached hydrogen (secondary N) is 1. The second kappa shape index (κ2) is 11.9. The molecule has 0 spiro atoms. The lowest BCUT2D eigenvalue weighted by atomic mass is 10.0. The van der Waals surface area contributed by atoms with Crippen LogP contribution in [0, 0.1) is 28.7 Å².